The van der Waals surface area contributed by atoms with Crippen LogP contribution in [0, 0.1) is 5.82 Å². The van der Waals surface area contributed by atoms with Gasteiger partial charge >= 0.3 is 23.9 Å². The summed E-state index contributed by atoms with van der Waals surface area (Å²) in [7, 11) is 0. The zero-order valence-corrected chi connectivity index (χ0v) is 69.2. The standard InChI is InChI=1S/C26H26BrN5O3.C26H26FN5O3.C18H22N6O2.C17H26N6O2/c27-20-7-4-8-21(13-20)35-25-23-24(32(16-29-23)15-22(33)34)30-26(31-25)28-14-17-9-11-19(12-10-17)18-5-2-1-3-6-18;27-20-10-12-21(13-11-20)35-25-23-24(32(16-29-23)15-22(33)34)30-26(31-25)28-14-17-6-8-19(9-7-17)18-4-2-1-3-5-18;1-2-3-7-10-19-18-22-16(21-13-8-5-4-6-9-13)15-17(23-18)24(12-20-15)11-14(25)26;1-2-3-6-9-18-17-21-15(20-12-7-4-5-8-12)14-16(22-17)23(11-19-14)10-13(24)25/h4,7-13,16,18H,1-3,5-6,14-15H2,(H,33,34)(H,28,30,31);6-13,16,18H,1-5,14-15H2,(H,33,34)(H,28,30,31);4-6,8-9,12H,2-3,7,10-11H2,1H3,(H,25,26)(H2,19,21,22,23);11-12H,2-10H2,1H3,(H,24,25)(H2,18,20,21,22). The molecule has 0 radical (unpaired) electrons. The number of nitrogens with one attached hydrogen (secondary N) is 6. The first kappa shape index (κ1) is 85.9. The van der Waals surface area contributed by atoms with E-state index in [-0.39, 0.29) is 49.7 Å². The van der Waals surface area contributed by atoms with Crippen LogP contribution in [0.5, 0.6) is 23.3 Å². The normalized spacial score (nSPS) is 13.6. The molecule has 5 aromatic carbocycles. The van der Waals surface area contributed by atoms with Crippen molar-refractivity contribution in [2.45, 2.75) is 199 Å². The molecule has 0 unspecified atom stereocenters. The molecule has 34 heteroatoms. The van der Waals surface area contributed by atoms with E-state index in [0.717, 1.165) is 85.7 Å². The highest BCUT2D eigenvalue weighted by molar-refractivity contribution is 9.10. The lowest BCUT2D eigenvalue weighted by Crippen LogP contribution is -2.17. The Morgan fingerprint density at radius 2 is 0.835 bits per heavy atom. The van der Waals surface area contributed by atoms with Crippen molar-refractivity contribution in [1.82, 2.24) is 78.1 Å². The maximum Gasteiger partial charge on any atom is 0.323 e. The van der Waals surface area contributed by atoms with Gasteiger partial charge in [0.2, 0.25) is 23.8 Å². The third-order valence-electron chi connectivity index (χ3n) is 20.9. The van der Waals surface area contributed by atoms with Crippen molar-refractivity contribution in [2.75, 3.05) is 45.0 Å². The molecule has 10 N–H and O–H groups in total. The van der Waals surface area contributed by atoms with Crippen LogP contribution in [0.25, 0.3) is 44.7 Å². The number of hydrogen-bond donors (Lipinski definition) is 10. The van der Waals surface area contributed by atoms with Crippen molar-refractivity contribution in [3.8, 4) is 23.3 Å². The number of carboxylic acids is 4. The van der Waals surface area contributed by atoms with Crippen LogP contribution in [0.4, 0.5) is 45.5 Å². The SMILES string of the molecule is CCCCCNc1nc(NC2CCCC2)c2ncn(CC(=O)O)c2n1.CCCCCNc1nc(Nc2ccccc2)c2ncn(CC(=O)O)c2n1.O=C(O)Cn1cnc2c(Oc3ccc(F)cc3)nc(NCc3ccc(C4CCCCC4)cc3)nc21.O=C(O)Cn1cnc2c(Oc3cccc(Br)c3)nc(NCc3ccc(C4CCCCC4)cc3)nc21. The van der Waals surface area contributed by atoms with E-state index in [2.05, 4.69) is 170 Å². The number of fused-ring (bicyclic) bond motifs is 4. The number of rotatable bonds is 34. The quantitative estimate of drug-likeness (QED) is 0.0167. The Kier molecular flexibility index (Phi) is 30.2. The maximum atomic E-state index is 13.3. The molecule has 0 aliphatic heterocycles. The van der Waals surface area contributed by atoms with E-state index < -0.39 is 23.9 Å². The van der Waals surface area contributed by atoms with E-state index >= 15 is 0 Å². The number of ether oxygens (including phenoxy) is 2. The van der Waals surface area contributed by atoms with Gasteiger partial charge in [-0.05, 0) is 140 Å². The topological polar surface area (TPSA) is 414 Å². The predicted octanol–water partition coefficient (Wildman–Crippen LogP) is 17.8. The number of para-hydroxylation sites is 1. The van der Waals surface area contributed by atoms with Crippen LogP contribution in [0.2, 0.25) is 0 Å². The fraction of sp³-hybridized carbons (Fsp3) is 0.379. The van der Waals surface area contributed by atoms with Gasteiger partial charge in [-0.1, -0.05) is 180 Å². The number of anilines is 7. The molecule has 13 aromatic rings. The summed E-state index contributed by atoms with van der Waals surface area (Å²) >= 11 is 3.44. The van der Waals surface area contributed by atoms with Crippen molar-refractivity contribution in [2.24, 2.45) is 0 Å². The van der Waals surface area contributed by atoms with Gasteiger partial charge in [-0.3, -0.25) is 19.2 Å². The number of carbonyl (C=O) groups is 4. The van der Waals surface area contributed by atoms with Crippen LogP contribution in [-0.2, 0) is 58.4 Å². The fourth-order valence-corrected chi connectivity index (χ4v) is 15.2. The van der Waals surface area contributed by atoms with Crippen molar-refractivity contribution < 1.29 is 53.5 Å². The molecule has 0 amide bonds. The van der Waals surface area contributed by atoms with Crippen LogP contribution >= 0.6 is 15.9 Å². The Morgan fingerprint density at radius 1 is 0.430 bits per heavy atom. The van der Waals surface area contributed by atoms with Gasteiger partial charge in [0.05, 0.1) is 25.3 Å². The molecule has 0 bridgehead atoms. The number of unbranched alkanes of at least 4 members (excludes halogenated alkanes) is 4. The predicted molar refractivity (Wildman–Crippen MR) is 463 cm³/mol. The summed E-state index contributed by atoms with van der Waals surface area (Å²) in [6, 6.07) is 40.3. The summed E-state index contributed by atoms with van der Waals surface area (Å²) in [6.45, 7) is 5.97. The molecule has 3 aliphatic carbocycles. The molecule has 0 atom stereocenters. The van der Waals surface area contributed by atoms with E-state index in [0.29, 0.717) is 117 Å². The molecular weight excluding hydrogens is 1610 g/mol. The summed E-state index contributed by atoms with van der Waals surface area (Å²) in [4.78, 5) is 98.1. The molecule has 8 aromatic heterocycles. The van der Waals surface area contributed by atoms with E-state index in [1.807, 2.05) is 54.6 Å². The molecule has 32 nitrogen and oxygen atoms in total. The van der Waals surface area contributed by atoms with Gasteiger partial charge in [-0.15, -0.1) is 0 Å². The van der Waals surface area contributed by atoms with Gasteiger partial charge < -0.3 is 80.1 Å². The number of aromatic nitrogens is 16. The summed E-state index contributed by atoms with van der Waals surface area (Å²) < 4.78 is 32.0. The lowest BCUT2D eigenvalue weighted by molar-refractivity contribution is -0.138. The van der Waals surface area contributed by atoms with Crippen LogP contribution in [0.15, 0.2) is 157 Å². The fourth-order valence-electron chi connectivity index (χ4n) is 14.8. The molecule has 121 heavy (non-hydrogen) atoms. The zero-order chi connectivity index (χ0) is 84.4. The minimum Gasteiger partial charge on any atom is -0.480 e. The Labute approximate surface area is 706 Å². The molecule has 3 aliphatic rings. The zero-order valence-electron chi connectivity index (χ0n) is 67.6. The third kappa shape index (κ3) is 24.4. The second-order valence-electron chi connectivity index (χ2n) is 30.1. The number of carboxylic acid groups (broad SMARTS) is 4. The van der Waals surface area contributed by atoms with Crippen molar-refractivity contribution in [3.05, 3.63) is 185 Å². The third-order valence-corrected chi connectivity index (χ3v) is 21.4. The van der Waals surface area contributed by atoms with Gasteiger partial charge in [-0.25, -0.2) is 24.3 Å². The average Bonchev–Trinajstić information content (AvgIpc) is 1.68. The molecule has 0 spiro atoms. The van der Waals surface area contributed by atoms with Gasteiger partial charge in [0.25, 0.3) is 11.8 Å². The number of hydrogen-bond acceptors (Lipinski definition) is 24. The number of nitrogens with zero attached hydrogens (tertiary/aromatic N) is 16. The number of aliphatic carboxylic acids is 4. The molecule has 0 saturated heterocycles. The van der Waals surface area contributed by atoms with Crippen LogP contribution in [0.1, 0.15) is 176 Å². The van der Waals surface area contributed by atoms with Crippen molar-refractivity contribution in [1.29, 1.82) is 0 Å². The average molecular weight is 1710 g/mol. The highest BCUT2D eigenvalue weighted by atomic mass is 79.9. The Hall–Kier alpha value is -13.0. The second kappa shape index (κ2) is 42.6. The molecule has 3 saturated carbocycles. The smallest absolute Gasteiger partial charge is 0.323 e. The van der Waals surface area contributed by atoms with E-state index in [1.165, 1.54) is 151 Å². The second-order valence-corrected chi connectivity index (χ2v) is 31.0. The van der Waals surface area contributed by atoms with Gasteiger partial charge in [-0.2, -0.15) is 39.9 Å². The molecule has 632 valence electrons. The lowest BCUT2D eigenvalue weighted by atomic mass is 9.84. The van der Waals surface area contributed by atoms with Crippen molar-refractivity contribution in [3.63, 3.8) is 0 Å². The van der Waals surface area contributed by atoms with E-state index in [9.17, 15) is 33.8 Å². The minimum atomic E-state index is -1.02. The monoisotopic (exact) mass is 1710 g/mol. The first-order valence-electron chi connectivity index (χ1n) is 41.3. The molecule has 3 fully saturated rings. The number of imidazole rings is 4. The first-order chi connectivity index (χ1) is 58.9. The summed E-state index contributed by atoms with van der Waals surface area (Å²) in [5.74, 6) is 1.28. The molecule has 8 heterocycles. The van der Waals surface area contributed by atoms with E-state index in [1.54, 1.807) is 4.57 Å². The van der Waals surface area contributed by atoms with Crippen LogP contribution < -0.4 is 41.4 Å². The Bertz CT molecular complexity index is 5600. The lowest BCUT2D eigenvalue weighted by Gasteiger charge is -2.22. The summed E-state index contributed by atoms with van der Waals surface area (Å²) in [6.07, 6.45) is 30.1. The molecular formula is C87H100BrFN22O10. The minimum absolute atomic E-state index is 0.154. The highest BCUT2D eigenvalue weighted by Crippen LogP contribution is 2.37. The largest absolute Gasteiger partial charge is 0.480 e. The Balaban J connectivity index is 0.000000141. The molecule has 16 rings (SSSR count). The maximum absolute atomic E-state index is 13.3. The van der Waals surface area contributed by atoms with Crippen molar-refractivity contribution >= 4 is 126 Å². The number of benzene rings is 5. The van der Waals surface area contributed by atoms with Crippen LogP contribution in [0.3, 0.4) is 0 Å². The van der Waals surface area contributed by atoms with Gasteiger partial charge in [0.1, 0.15) is 43.5 Å². The van der Waals surface area contributed by atoms with Gasteiger partial charge in [0.15, 0.2) is 56.3 Å². The summed E-state index contributed by atoms with van der Waals surface area (Å²) in [5.41, 5.74) is 9.50. The Morgan fingerprint density at radius 3 is 1.27 bits per heavy atom. The highest BCUT2D eigenvalue weighted by Gasteiger charge is 2.25. The van der Waals surface area contributed by atoms with Crippen LogP contribution in [-0.4, -0.2) is 142 Å². The number of halogens is 2. The first-order valence-corrected chi connectivity index (χ1v) is 42.1. The van der Waals surface area contributed by atoms with E-state index in [4.69, 9.17) is 19.7 Å². The van der Waals surface area contributed by atoms with Gasteiger partial charge in [0, 0.05) is 42.4 Å². The summed E-state index contributed by atoms with van der Waals surface area (Å²) in [5, 5.41) is 56.4.